The van der Waals surface area contributed by atoms with Crippen LogP contribution < -0.4 is 5.32 Å². The molecule has 1 aliphatic heterocycles. The van der Waals surface area contributed by atoms with Crippen molar-refractivity contribution in [2.45, 2.75) is 44.9 Å². The lowest BCUT2D eigenvalue weighted by Crippen LogP contribution is -2.43. The van der Waals surface area contributed by atoms with Gasteiger partial charge in [0.05, 0.1) is 23.2 Å². The topological polar surface area (TPSA) is 56.1 Å². The number of rotatable bonds is 2. The van der Waals surface area contributed by atoms with Crippen molar-refractivity contribution in [2.24, 2.45) is 0 Å². The Bertz CT molecular complexity index is 656. The van der Waals surface area contributed by atoms with Gasteiger partial charge in [0.15, 0.2) is 0 Å². The van der Waals surface area contributed by atoms with Gasteiger partial charge in [0.25, 0.3) is 0 Å². The lowest BCUT2D eigenvalue weighted by molar-refractivity contribution is -0.137. The Kier molecular flexibility index (Phi) is 4.29. The van der Waals surface area contributed by atoms with Crippen LogP contribution >= 0.6 is 0 Å². The molecular weight excluding hydrogens is 307 g/mol. The first-order chi connectivity index (χ1) is 10.5. The molecule has 0 radical (unpaired) electrons. The standard InChI is InChI=1S/C16H18F3N3O/c1-15(2,3)22-9-12(7-14(22)23)21-11-5-4-10(8-20)13(6-11)16(17,18)19/h4-6,12,21H,7,9H2,1-3H3. The quantitative estimate of drug-likeness (QED) is 0.907. The van der Waals surface area contributed by atoms with E-state index in [1.165, 1.54) is 6.07 Å². The van der Waals surface area contributed by atoms with Crippen molar-refractivity contribution in [3.05, 3.63) is 29.3 Å². The zero-order chi connectivity index (χ0) is 17.4. The monoisotopic (exact) mass is 325 g/mol. The van der Waals surface area contributed by atoms with Crippen molar-refractivity contribution < 1.29 is 18.0 Å². The summed E-state index contributed by atoms with van der Waals surface area (Å²) < 4.78 is 38.9. The zero-order valence-corrected chi connectivity index (χ0v) is 13.2. The van der Waals surface area contributed by atoms with Gasteiger partial charge in [-0.2, -0.15) is 18.4 Å². The van der Waals surface area contributed by atoms with Crippen LogP contribution in [0, 0.1) is 11.3 Å². The highest BCUT2D eigenvalue weighted by Gasteiger charge is 2.37. The molecule has 1 N–H and O–H groups in total. The van der Waals surface area contributed by atoms with Gasteiger partial charge in [-0.1, -0.05) is 0 Å². The van der Waals surface area contributed by atoms with Crippen molar-refractivity contribution in [3.63, 3.8) is 0 Å². The van der Waals surface area contributed by atoms with Crippen LogP contribution in [0.15, 0.2) is 18.2 Å². The first-order valence-corrected chi connectivity index (χ1v) is 7.20. The van der Waals surface area contributed by atoms with Crippen LogP contribution in [0.1, 0.15) is 38.3 Å². The number of carbonyl (C=O) groups is 1. The fraction of sp³-hybridized carbons (Fsp3) is 0.500. The van der Waals surface area contributed by atoms with E-state index in [9.17, 15) is 18.0 Å². The highest BCUT2D eigenvalue weighted by Crippen LogP contribution is 2.34. The third-order valence-corrected chi connectivity index (χ3v) is 3.75. The first-order valence-electron chi connectivity index (χ1n) is 7.20. The Balaban J connectivity index is 2.19. The van der Waals surface area contributed by atoms with Crippen LogP contribution in [0.4, 0.5) is 18.9 Å². The lowest BCUT2D eigenvalue weighted by atomic mass is 10.1. The molecule has 1 fully saturated rings. The summed E-state index contributed by atoms with van der Waals surface area (Å²) in [4.78, 5) is 13.7. The fourth-order valence-corrected chi connectivity index (χ4v) is 2.65. The van der Waals surface area contributed by atoms with Gasteiger partial charge in [-0.25, -0.2) is 0 Å². The third kappa shape index (κ3) is 3.76. The minimum atomic E-state index is -4.59. The SMILES string of the molecule is CC(C)(C)N1CC(Nc2ccc(C#N)c(C(F)(F)F)c2)CC1=O. The number of hydrogen-bond acceptors (Lipinski definition) is 3. The number of amides is 1. The van der Waals surface area contributed by atoms with E-state index in [-0.39, 0.29) is 29.6 Å². The number of anilines is 1. The molecule has 0 saturated carbocycles. The summed E-state index contributed by atoms with van der Waals surface area (Å²) in [6.07, 6.45) is -4.36. The largest absolute Gasteiger partial charge is 0.417 e. The normalized spacial score (nSPS) is 18.9. The molecule has 1 heterocycles. The first kappa shape index (κ1) is 17.1. The molecule has 1 aromatic carbocycles. The van der Waals surface area contributed by atoms with Gasteiger partial charge in [-0.05, 0) is 39.0 Å². The molecule has 1 aliphatic rings. The lowest BCUT2D eigenvalue weighted by Gasteiger charge is -2.32. The van der Waals surface area contributed by atoms with E-state index in [0.29, 0.717) is 6.54 Å². The Morgan fingerprint density at radius 1 is 1.30 bits per heavy atom. The Hall–Kier alpha value is -2.23. The number of nitriles is 1. The van der Waals surface area contributed by atoms with E-state index < -0.39 is 17.3 Å². The van der Waals surface area contributed by atoms with Crippen LogP contribution in [0.2, 0.25) is 0 Å². The van der Waals surface area contributed by atoms with E-state index in [1.807, 2.05) is 20.8 Å². The summed E-state index contributed by atoms with van der Waals surface area (Å²) in [5, 5.41) is 11.8. The molecule has 0 aliphatic carbocycles. The molecule has 1 atom stereocenters. The highest BCUT2D eigenvalue weighted by molar-refractivity contribution is 5.80. The molecule has 1 saturated heterocycles. The predicted octanol–water partition coefficient (Wildman–Crippen LogP) is 3.39. The summed E-state index contributed by atoms with van der Waals surface area (Å²) >= 11 is 0. The maximum Gasteiger partial charge on any atom is 0.417 e. The molecule has 124 valence electrons. The summed E-state index contributed by atoms with van der Waals surface area (Å²) in [6, 6.07) is 4.78. The minimum absolute atomic E-state index is 0.0281. The third-order valence-electron chi connectivity index (χ3n) is 3.75. The summed E-state index contributed by atoms with van der Waals surface area (Å²) in [6.45, 7) is 6.17. The number of hydrogen-bond donors (Lipinski definition) is 1. The number of likely N-dealkylation sites (tertiary alicyclic amines) is 1. The van der Waals surface area contributed by atoms with Crippen molar-refractivity contribution in [2.75, 3.05) is 11.9 Å². The average molecular weight is 325 g/mol. The molecule has 1 unspecified atom stereocenters. The Labute approximate surface area is 132 Å². The molecule has 0 aromatic heterocycles. The molecular formula is C16H18F3N3O. The Morgan fingerprint density at radius 2 is 1.96 bits per heavy atom. The van der Waals surface area contributed by atoms with E-state index in [0.717, 1.165) is 12.1 Å². The minimum Gasteiger partial charge on any atom is -0.380 e. The molecule has 7 heteroatoms. The van der Waals surface area contributed by atoms with Gasteiger partial charge in [0, 0.05) is 24.2 Å². The van der Waals surface area contributed by atoms with Crippen molar-refractivity contribution in [3.8, 4) is 6.07 Å². The summed E-state index contributed by atoms with van der Waals surface area (Å²) in [7, 11) is 0. The van der Waals surface area contributed by atoms with Gasteiger partial charge < -0.3 is 10.2 Å². The number of nitrogens with one attached hydrogen (secondary N) is 1. The molecule has 1 amide bonds. The van der Waals surface area contributed by atoms with E-state index in [2.05, 4.69) is 5.32 Å². The predicted molar refractivity (Wildman–Crippen MR) is 79.7 cm³/mol. The maximum atomic E-state index is 13.0. The molecule has 0 spiro atoms. The van der Waals surface area contributed by atoms with E-state index >= 15 is 0 Å². The van der Waals surface area contributed by atoms with Gasteiger partial charge in [0.2, 0.25) is 5.91 Å². The second-order valence-electron chi connectivity index (χ2n) is 6.59. The average Bonchev–Trinajstić information content (AvgIpc) is 2.78. The summed E-state index contributed by atoms with van der Waals surface area (Å²) in [5.74, 6) is -0.0281. The van der Waals surface area contributed by atoms with Crippen LogP contribution in [-0.4, -0.2) is 28.9 Å². The number of nitrogens with zero attached hydrogens (tertiary/aromatic N) is 2. The summed E-state index contributed by atoms with van der Waals surface area (Å²) in [5.41, 5.74) is -1.45. The molecule has 0 bridgehead atoms. The number of halogens is 3. The van der Waals surface area contributed by atoms with Crippen LogP contribution in [-0.2, 0) is 11.0 Å². The van der Waals surface area contributed by atoms with Gasteiger partial charge >= 0.3 is 6.18 Å². The molecule has 1 aromatic rings. The van der Waals surface area contributed by atoms with Gasteiger partial charge in [0.1, 0.15) is 0 Å². The van der Waals surface area contributed by atoms with Gasteiger partial charge in [-0.3, -0.25) is 4.79 Å². The fourth-order valence-electron chi connectivity index (χ4n) is 2.65. The van der Waals surface area contributed by atoms with Gasteiger partial charge in [-0.15, -0.1) is 0 Å². The maximum absolute atomic E-state index is 13.0. The Morgan fingerprint density at radius 3 is 2.43 bits per heavy atom. The van der Waals surface area contributed by atoms with Crippen molar-refractivity contribution in [1.29, 1.82) is 5.26 Å². The molecule has 23 heavy (non-hydrogen) atoms. The van der Waals surface area contributed by atoms with Crippen LogP contribution in [0.5, 0.6) is 0 Å². The van der Waals surface area contributed by atoms with Crippen LogP contribution in [0.25, 0.3) is 0 Å². The van der Waals surface area contributed by atoms with Crippen molar-refractivity contribution in [1.82, 2.24) is 4.90 Å². The molecule has 2 rings (SSSR count). The second-order valence-corrected chi connectivity index (χ2v) is 6.59. The number of carbonyl (C=O) groups excluding carboxylic acids is 1. The van der Waals surface area contributed by atoms with E-state index in [4.69, 9.17) is 5.26 Å². The molecule has 4 nitrogen and oxygen atoms in total. The van der Waals surface area contributed by atoms with Crippen LogP contribution in [0.3, 0.4) is 0 Å². The second kappa shape index (κ2) is 5.76. The smallest absolute Gasteiger partial charge is 0.380 e. The van der Waals surface area contributed by atoms with E-state index in [1.54, 1.807) is 11.0 Å². The van der Waals surface area contributed by atoms with Crippen molar-refractivity contribution >= 4 is 11.6 Å². The number of alkyl halides is 3. The zero-order valence-electron chi connectivity index (χ0n) is 13.2. The highest BCUT2D eigenvalue weighted by atomic mass is 19.4. The number of benzene rings is 1.